The summed E-state index contributed by atoms with van der Waals surface area (Å²) in [5, 5.41) is 12.4. The molecule has 0 saturated heterocycles. The van der Waals surface area contributed by atoms with Crippen LogP contribution in [-0.4, -0.2) is 36.9 Å². The Bertz CT molecular complexity index is 806. The van der Waals surface area contributed by atoms with E-state index < -0.39 is 0 Å². The van der Waals surface area contributed by atoms with Gasteiger partial charge >= 0.3 is 0 Å². The molecule has 2 amide bonds. The molecule has 1 aliphatic rings. The molecule has 0 spiro atoms. The molecule has 0 bridgehead atoms. The Morgan fingerprint density at radius 2 is 1.85 bits per heavy atom. The highest BCUT2D eigenvalue weighted by molar-refractivity contribution is 5.91. The molecule has 2 rings (SSSR count). The minimum Gasteiger partial charge on any atom is -0.358 e. The zero-order valence-corrected chi connectivity index (χ0v) is 20.6. The number of aryl methyl sites for hydroxylation is 1. The van der Waals surface area contributed by atoms with E-state index in [2.05, 4.69) is 30.4 Å². The minimum absolute atomic E-state index is 0.0836. The number of nitrogens with one attached hydrogen (secondary N) is 1. The second-order valence-corrected chi connectivity index (χ2v) is 9.41. The molecule has 33 heavy (non-hydrogen) atoms. The summed E-state index contributed by atoms with van der Waals surface area (Å²) in [5.41, 5.74) is 2.02. The Kier molecular flexibility index (Phi) is 11.7. The smallest absolute Gasteiger partial charge is 0.246 e. The van der Waals surface area contributed by atoms with E-state index in [1.54, 1.807) is 18.0 Å². The number of nitrogens with zero attached hydrogens (tertiary/aromatic N) is 2. The summed E-state index contributed by atoms with van der Waals surface area (Å²) in [5.74, 6) is -0.250. The summed E-state index contributed by atoms with van der Waals surface area (Å²) in [6.07, 6.45) is 13.5. The van der Waals surface area contributed by atoms with Crippen LogP contribution in [0.25, 0.3) is 0 Å². The number of rotatable bonds is 15. The van der Waals surface area contributed by atoms with Crippen LogP contribution in [0, 0.1) is 16.7 Å². The van der Waals surface area contributed by atoms with Gasteiger partial charge in [-0.3, -0.25) is 9.59 Å². The molecule has 0 radical (unpaired) electrons. The molecule has 0 heterocycles. The summed E-state index contributed by atoms with van der Waals surface area (Å²) in [4.78, 5) is 26.9. The van der Waals surface area contributed by atoms with Crippen molar-refractivity contribution in [3.63, 3.8) is 0 Å². The summed E-state index contributed by atoms with van der Waals surface area (Å²) in [7, 11) is 1.60. The van der Waals surface area contributed by atoms with Gasteiger partial charge in [-0.25, -0.2) is 0 Å². The van der Waals surface area contributed by atoms with Gasteiger partial charge in [-0.2, -0.15) is 5.26 Å². The van der Waals surface area contributed by atoms with Crippen LogP contribution in [0.3, 0.4) is 0 Å². The van der Waals surface area contributed by atoms with Gasteiger partial charge in [-0.15, -0.1) is 0 Å². The van der Waals surface area contributed by atoms with Gasteiger partial charge in [0.05, 0.1) is 18.0 Å². The maximum Gasteiger partial charge on any atom is 0.246 e. The largest absolute Gasteiger partial charge is 0.358 e. The van der Waals surface area contributed by atoms with Crippen molar-refractivity contribution in [2.75, 3.05) is 20.1 Å². The molecule has 1 aromatic rings. The van der Waals surface area contributed by atoms with Crippen molar-refractivity contribution < 1.29 is 9.59 Å². The number of hydrogen-bond acceptors (Lipinski definition) is 3. The fourth-order valence-corrected chi connectivity index (χ4v) is 4.43. The average molecular weight is 452 g/mol. The standard InChI is InChI=1S/C28H41N3O2/c1-3-4-5-6-10-19-31(22-26(32)30-2)27(33)20-25(21-28(23-29)17-12-18-28)16-11-15-24-13-8-7-9-14-24/h7-9,13-14,20H,3-6,10-12,15-19,21-22H2,1-2H3,(H,30,32)/b25-20-. The van der Waals surface area contributed by atoms with E-state index in [9.17, 15) is 14.9 Å². The van der Waals surface area contributed by atoms with Crippen molar-refractivity contribution in [2.24, 2.45) is 5.41 Å². The Balaban J connectivity index is 2.07. The first-order chi connectivity index (χ1) is 16.0. The lowest BCUT2D eigenvalue weighted by atomic mass is 9.66. The third-order valence-electron chi connectivity index (χ3n) is 6.70. The quantitative estimate of drug-likeness (QED) is 0.280. The van der Waals surface area contributed by atoms with Gasteiger partial charge in [0.25, 0.3) is 0 Å². The SMILES string of the molecule is CCCCCCCN(CC(=O)NC)C(=O)/C=C(/CCCc1ccccc1)CC1(C#N)CCC1. The van der Waals surface area contributed by atoms with Gasteiger partial charge in [0.2, 0.25) is 11.8 Å². The molecule has 1 aromatic carbocycles. The Morgan fingerprint density at radius 1 is 1.12 bits per heavy atom. The lowest BCUT2D eigenvalue weighted by molar-refractivity contribution is -0.132. The number of carbonyl (C=O) groups excluding carboxylic acids is 2. The van der Waals surface area contributed by atoms with Crippen LogP contribution in [0.2, 0.25) is 0 Å². The molecule has 5 heteroatoms. The molecule has 1 saturated carbocycles. The van der Waals surface area contributed by atoms with Gasteiger partial charge < -0.3 is 10.2 Å². The highest BCUT2D eigenvalue weighted by Gasteiger charge is 2.37. The number of unbranched alkanes of at least 4 members (excludes halogenated alkanes) is 4. The molecule has 1 aliphatic carbocycles. The van der Waals surface area contributed by atoms with E-state index in [0.717, 1.165) is 63.4 Å². The minimum atomic E-state index is -0.315. The van der Waals surface area contributed by atoms with Crippen LogP contribution in [0.4, 0.5) is 0 Å². The van der Waals surface area contributed by atoms with Crippen LogP contribution in [0.5, 0.6) is 0 Å². The summed E-state index contributed by atoms with van der Waals surface area (Å²) < 4.78 is 0. The van der Waals surface area contributed by atoms with Crippen molar-refractivity contribution >= 4 is 11.8 Å². The number of carbonyl (C=O) groups is 2. The van der Waals surface area contributed by atoms with Crippen molar-refractivity contribution in [1.29, 1.82) is 5.26 Å². The maximum atomic E-state index is 13.2. The van der Waals surface area contributed by atoms with E-state index >= 15 is 0 Å². The molecule has 0 aromatic heterocycles. The van der Waals surface area contributed by atoms with Gasteiger partial charge in [0, 0.05) is 19.7 Å². The van der Waals surface area contributed by atoms with Gasteiger partial charge in [0.1, 0.15) is 0 Å². The Morgan fingerprint density at radius 3 is 2.45 bits per heavy atom. The molecular weight excluding hydrogens is 410 g/mol. The second kappa shape index (κ2) is 14.5. The highest BCUT2D eigenvalue weighted by Crippen LogP contribution is 2.45. The Hall–Kier alpha value is -2.61. The number of likely N-dealkylation sites (N-methyl/N-ethyl adjacent to an activating group) is 1. The van der Waals surface area contributed by atoms with Gasteiger partial charge in [0.15, 0.2) is 0 Å². The van der Waals surface area contributed by atoms with Gasteiger partial charge in [-0.1, -0.05) is 74.9 Å². The molecule has 0 unspecified atom stereocenters. The molecule has 1 N–H and O–H groups in total. The number of hydrogen-bond donors (Lipinski definition) is 1. The molecule has 0 atom stereocenters. The second-order valence-electron chi connectivity index (χ2n) is 9.41. The van der Waals surface area contributed by atoms with Gasteiger partial charge in [-0.05, 0) is 50.5 Å². The maximum absolute atomic E-state index is 13.2. The van der Waals surface area contributed by atoms with E-state index in [-0.39, 0.29) is 23.8 Å². The topological polar surface area (TPSA) is 73.2 Å². The third kappa shape index (κ3) is 9.42. The van der Waals surface area contributed by atoms with Crippen molar-refractivity contribution in [2.45, 2.75) is 84.0 Å². The normalized spacial score (nSPS) is 14.8. The zero-order valence-electron chi connectivity index (χ0n) is 20.6. The van der Waals surface area contributed by atoms with E-state index in [4.69, 9.17) is 0 Å². The lowest BCUT2D eigenvalue weighted by Gasteiger charge is -2.36. The van der Waals surface area contributed by atoms with Crippen LogP contribution < -0.4 is 5.32 Å². The number of nitriles is 1. The molecule has 1 fully saturated rings. The van der Waals surface area contributed by atoms with Crippen LogP contribution in [-0.2, 0) is 16.0 Å². The summed E-state index contributed by atoms with van der Waals surface area (Å²) in [6, 6.07) is 12.9. The third-order valence-corrected chi connectivity index (χ3v) is 6.70. The van der Waals surface area contributed by atoms with Crippen molar-refractivity contribution in [3.8, 4) is 6.07 Å². The average Bonchev–Trinajstić information content (AvgIpc) is 2.80. The number of amides is 2. The summed E-state index contributed by atoms with van der Waals surface area (Å²) in [6.45, 7) is 2.86. The van der Waals surface area contributed by atoms with E-state index in [1.807, 2.05) is 18.2 Å². The monoisotopic (exact) mass is 451 g/mol. The predicted octanol–water partition coefficient (Wildman–Crippen LogP) is 5.56. The lowest BCUT2D eigenvalue weighted by Crippen LogP contribution is -2.39. The fraction of sp³-hybridized carbons (Fsp3) is 0.607. The number of allylic oxidation sites excluding steroid dienone is 1. The molecule has 5 nitrogen and oxygen atoms in total. The molecular formula is C28H41N3O2. The predicted molar refractivity (Wildman–Crippen MR) is 133 cm³/mol. The first kappa shape index (κ1) is 26.6. The highest BCUT2D eigenvalue weighted by atomic mass is 16.2. The first-order valence-corrected chi connectivity index (χ1v) is 12.7. The Labute approximate surface area is 200 Å². The first-order valence-electron chi connectivity index (χ1n) is 12.7. The van der Waals surface area contributed by atoms with Crippen LogP contribution in [0.1, 0.15) is 83.1 Å². The van der Waals surface area contributed by atoms with Crippen molar-refractivity contribution in [1.82, 2.24) is 10.2 Å². The fourth-order valence-electron chi connectivity index (χ4n) is 4.43. The van der Waals surface area contributed by atoms with E-state index in [0.29, 0.717) is 13.0 Å². The number of benzene rings is 1. The van der Waals surface area contributed by atoms with Crippen LogP contribution >= 0.6 is 0 Å². The molecule has 0 aliphatic heterocycles. The summed E-state index contributed by atoms with van der Waals surface area (Å²) >= 11 is 0. The molecule has 180 valence electrons. The van der Waals surface area contributed by atoms with Crippen molar-refractivity contribution in [3.05, 3.63) is 47.5 Å². The zero-order chi connectivity index (χ0) is 23.9. The van der Waals surface area contributed by atoms with E-state index in [1.165, 1.54) is 18.4 Å². The van der Waals surface area contributed by atoms with Crippen LogP contribution in [0.15, 0.2) is 42.0 Å².